The fraction of sp³-hybridized carbons (Fsp3) is 0.538. The first-order valence-electron chi connectivity index (χ1n) is 5.92. The monoisotopic (exact) mass is 255 g/mol. The Morgan fingerprint density at radius 2 is 1.94 bits per heavy atom. The second-order valence-corrected chi connectivity index (χ2v) is 6.82. The van der Waals surface area contributed by atoms with Gasteiger partial charge in [-0.3, -0.25) is 0 Å². The molecule has 1 aromatic carbocycles. The van der Waals surface area contributed by atoms with Crippen LogP contribution in [0.2, 0.25) is 0 Å². The Morgan fingerprint density at radius 1 is 1.24 bits per heavy atom. The Kier molecular flexibility index (Phi) is 5.15. The smallest absolute Gasteiger partial charge is 0.151 e. The normalized spacial score (nSPS) is 11.7. The van der Waals surface area contributed by atoms with Gasteiger partial charge in [-0.15, -0.1) is 0 Å². The maximum Gasteiger partial charge on any atom is 0.151 e. The second-order valence-electron chi connectivity index (χ2n) is 4.34. The lowest BCUT2D eigenvalue weighted by Crippen LogP contribution is -2.23. The summed E-state index contributed by atoms with van der Waals surface area (Å²) in [4.78, 5) is 0. The van der Waals surface area contributed by atoms with E-state index in [2.05, 4.69) is 37.4 Å². The van der Waals surface area contributed by atoms with Gasteiger partial charge in [0.2, 0.25) is 0 Å². The van der Waals surface area contributed by atoms with Gasteiger partial charge >= 0.3 is 0 Å². The van der Waals surface area contributed by atoms with Gasteiger partial charge in [0.15, 0.2) is 9.84 Å². The van der Waals surface area contributed by atoms with E-state index in [1.165, 1.54) is 16.7 Å². The van der Waals surface area contributed by atoms with Gasteiger partial charge in [0, 0.05) is 18.8 Å². The zero-order valence-electron chi connectivity index (χ0n) is 10.8. The largest absolute Gasteiger partial charge is 0.312 e. The van der Waals surface area contributed by atoms with E-state index in [0.29, 0.717) is 6.54 Å². The topological polar surface area (TPSA) is 46.2 Å². The molecule has 0 aliphatic carbocycles. The van der Waals surface area contributed by atoms with E-state index in [4.69, 9.17) is 0 Å². The van der Waals surface area contributed by atoms with Crippen molar-refractivity contribution in [3.8, 4) is 0 Å². The van der Waals surface area contributed by atoms with Crippen molar-refractivity contribution in [1.29, 1.82) is 0 Å². The first-order chi connectivity index (χ1) is 7.94. The lowest BCUT2D eigenvalue weighted by Gasteiger charge is -2.08. The van der Waals surface area contributed by atoms with Crippen LogP contribution in [0.4, 0.5) is 0 Å². The number of benzene rings is 1. The molecular weight excluding hydrogens is 234 g/mol. The molecule has 4 heteroatoms. The molecule has 0 saturated carbocycles. The zero-order chi connectivity index (χ0) is 12.9. The minimum atomic E-state index is -2.85. The summed E-state index contributed by atoms with van der Waals surface area (Å²) in [6, 6.07) is 6.30. The highest BCUT2D eigenvalue weighted by Crippen LogP contribution is 2.09. The predicted molar refractivity (Wildman–Crippen MR) is 72.0 cm³/mol. The van der Waals surface area contributed by atoms with Crippen LogP contribution in [0.25, 0.3) is 0 Å². The summed E-state index contributed by atoms with van der Waals surface area (Å²) in [6.07, 6.45) is 0. The third kappa shape index (κ3) is 4.88. The van der Waals surface area contributed by atoms with Gasteiger partial charge in [-0.2, -0.15) is 0 Å². The van der Waals surface area contributed by atoms with Crippen LogP contribution in [0.3, 0.4) is 0 Å². The minimum absolute atomic E-state index is 0.217. The van der Waals surface area contributed by atoms with E-state index in [0.717, 1.165) is 6.54 Å². The van der Waals surface area contributed by atoms with Crippen molar-refractivity contribution >= 4 is 9.84 Å². The van der Waals surface area contributed by atoms with Gasteiger partial charge in [-0.1, -0.05) is 30.7 Å². The molecule has 0 aliphatic rings. The molecule has 0 amide bonds. The fourth-order valence-electron chi connectivity index (χ4n) is 1.64. The standard InChI is InChI=1S/C13H21NO2S/c1-4-17(15,16)8-7-14-10-13-6-5-11(2)9-12(13)3/h5-6,9,14H,4,7-8,10H2,1-3H3. The molecule has 1 N–H and O–H groups in total. The van der Waals surface area contributed by atoms with Crippen molar-refractivity contribution < 1.29 is 8.42 Å². The van der Waals surface area contributed by atoms with Crippen LogP contribution >= 0.6 is 0 Å². The van der Waals surface area contributed by atoms with Crippen LogP contribution in [0.15, 0.2) is 18.2 Å². The van der Waals surface area contributed by atoms with Gasteiger partial charge in [-0.05, 0) is 25.0 Å². The summed E-state index contributed by atoms with van der Waals surface area (Å²) in [5.41, 5.74) is 3.72. The second kappa shape index (κ2) is 6.17. The summed E-state index contributed by atoms with van der Waals surface area (Å²) in [5, 5.41) is 3.17. The maximum atomic E-state index is 11.3. The third-order valence-corrected chi connectivity index (χ3v) is 4.55. The molecule has 17 heavy (non-hydrogen) atoms. The first-order valence-corrected chi connectivity index (χ1v) is 7.74. The van der Waals surface area contributed by atoms with Crippen LogP contribution in [-0.2, 0) is 16.4 Å². The van der Waals surface area contributed by atoms with Crippen molar-refractivity contribution in [1.82, 2.24) is 5.32 Å². The summed E-state index contributed by atoms with van der Waals surface area (Å²) >= 11 is 0. The molecule has 1 rings (SSSR count). The van der Waals surface area contributed by atoms with Crippen molar-refractivity contribution in [2.24, 2.45) is 0 Å². The Morgan fingerprint density at radius 3 is 2.53 bits per heavy atom. The van der Waals surface area contributed by atoms with Crippen LogP contribution in [0.1, 0.15) is 23.6 Å². The quantitative estimate of drug-likeness (QED) is 0.789. The molecular formula is C13H21NO2S. The highest BCUT2D eigenvalue weighted by atomic mass is 32.2. The van der Waals surface area contributed by atoms with Gasteiger partial charge in [0.25, 0.3) is 0 Å². The minimum Gasteiger partial charge on any atom is -0.312 e. The molecule has 0 aromatic heterocycles. The summed E-state index contributed by atoms with van der Waals surface area (Å²) in [5.74, 6) is 0.437. The van der Waals surface area contributed by atoms with Crippen LogP contribution < -0.4 is 5.32 Å². The van der Waals surface area contributed by atoms with Crippen molar-refractivity contribution in [3.63, 3.8) is 0 Å². The molecule has 0 heterocycles. The number of nitrogens with one attached hydrogen (secondary N) is 1. The summed E-state index contributed by atoms with van der Waals surface area (Å²) in [7, 11) is -2.85. The molecule has 3 nitrogen and oxygen atoms in total. The molecule has 0 atom stereocenters. The van der Waals surface area contributed by atoms with Gasteiger partial charge < -0.3 is 5.32 Å². The molecule has 0 radical (unpaired) electrons. The molecule has 0 unspecified atom stereocenters. The van der Waals surface area contributed by atoms with Crippen molar-refractivity contribution in [2.45, 2.75) is 27.3 Å². The van der Waals surface area contributed by atoms with E-state index in [9.17, 15) is 8.42 Å². The highest BCUT2D eigenvalue weighted by molar-refractivity contribution is 7.91. The Balaban J connectivity index is 2.41. The number of hydrogen-bond donors (Lipinski definition) is 1. The third-order valence-electron chi connectivity index (χ3n) is 2.84. The van der Waals surface area contributed by atoms with E-state index in [1.807, 2.05) is 0 Å². The molecule has 0 spiro atoms. The predicted octanol–water partition coefficient (Wildman–Crippen LogP) is 1.83. The van der Waals surface area contributed by atoms with E-state index < -0.39 is 9.84 Å². The Hall–Kier alpha value is -0.870. The lowest BCUT2D eigenvalue weighted by molar-refractivity contribution is 0.592. The molecule has 0 fully saturated rings. The molecule has 1 aromatic rings. The number of sulfone groups is 1. The number of hydrogen-bond acceptors (Lipinski definition) is 3. The van der Waals surface area contributed by atoms with Crippen molar-refractivity contribution in [2.75, 3.05) is 18.1 Å². The molecule has 96 valence electrons. The van der Waals surface area contributed by atoms with Crippen LogP contribution in [0.5, 0.6) is 0 Å². The molecule has 0 aliphatic heterocycles. The maximum absolute atomic E-state index is 11.3. The van der Waals surface area contributed by atoms with E-state index >= 15 is 0 Å². The zero-order valence-corrected chi connectivity index (χ0v) is 11.6. The highest BCUT2D eigenvalue weighted by Gasteiger charge is 2.06. The molecule has 0 bridgehead atoms. The fourth-order valence-corrected chi connectivity index (χ4v) is 2.38. The van der Waals surface area contributed by atoms with Gasteiger partial charge in [0.05, 0.1) is 5.75 Å². The number of rotatable bonds is 6. The summed E-state index contributed by atoms with van der Waals surface area (Å²) < 4.78 is 22.6. The van der Waals surface area contributed by atoms with Gasteiger partial charge in [0.1, 0.15) is 0 Å². The van der Waals surface area contributed by atoms with Crippen LogP contribution in [0, 0.1) is 13.8 Å². The summed E-state index contributed by atoms with van der Waals surface area (Å²) in [6.45, 7) is 7.07. The lowest BCUT2D eigenvalue weighted by atomic mass is 10.1. The first kappa shape index (κ1) is 14.2. The average Bonchev–Trinajstić information content (AvgIpc) is 2.27. The van der Waals surface area contributed by atoms with Crippen molar-refractivity contribution in [3.05, 3.63) is 34.9 Å². The Bertz CT molecular complexity index is 466. The van der Waals surface area contributed by atoms with Crippen LogP contribution in [-0.4, -0.2) is 26.5 Å². The average molecular weight is 255 g/mol. The van der Waals surface area contributed by atoms with E-state index in [1.54, 1.807) is 6.92 Å². The SMILES string of the molecule is CCS(=O)(=O)CCNCc1ccc(C)cc1C. The van der Waals surface area contributed by atoms with Gasteiger partial charge in [-0.25, -0.2) is 8.42 Å². The van der Waals surface area contributed by atoms with E-state index in [-0.39, 0.29) is 11.5 Å². The Labute approximate surface area is 104 Å². The molecule has 0 saturated heterocycles. The number of aryl methyl sites for hydroxylation is 2.